The molecular formula is C12H24FN. The quantitative estimate of drug-likeness (QED) is 0.746. The van der Waals surface area contributed by atoms with Crippen molar-refractivity contribution in [1.82, 2.24) is 0 Å². The van der Waals surface area contributed by atoms with Gasteiger partial charge in [0.05, 0.1) is 0 Å². The molecule has 2 N–H and O–H groups in total. The maximum Gasteiger partial charge on any atom is 0.107 e. The third kappa shape index (κ3) is 2.69. The molecule has 0 spiro atoms. The smallest absolute Gasteiger partial charge is 0.107 e. The number of hydrogen-bond acceptors (Lipinski definition) is 1. The van der Waals surface area contributed by atoms with Crippen LogP contribution in [0, 0.1) is 23.7 Å². The lowest BCUT2D eigenvalue weighted by atomic mass is 9.72. The lowest BCUT2D eigenvalue weighted by Crippen LogP contribution is -2.33. The molecule has 1 fully saturated rings. The summed E-state index contributed by atoms with van der Waals surface area (Å²) >= 11 is 0. The summed E-state index contributed by atoms with van der Waals surface area (Å²) < 4.78 is 13.9. The zero-order valence-electron chi connectivity index (χ0n) is 9.67. The fourth-order valence-corrected chi connectivity index (χ4v) is 2.47. The minimum atomic E-state index is -0.685. The Hall–Kier alpha value is -0.110. The van der Waals surface area contributed by atoms with Gasteiger partial charge in [0, 0.05) is 0 Å². The summed E-state index contributed by atoms with van der Waals surface area (Å²) in [4.78, 5) is 0. The first-order chi connectivity index (χ1) is 6.56. The second kappa shape index (κ2) is 5.11. The molecule has 5 atom stereocenters. The van der Waals surface area contributed by atoms with Crippen LogP contribution < -0.4 is 5.73 Å². The molecule has 0 amide bonds. The molecule has 0 aromatic carbocycles. The molecule has 0 heterocycles. The van der Waals surface area contributed by atoms with E-state index in [4.69, 9.17) is 5.73 Å². The van der Waals surface area contributed by atoms with Crippen LogP contribution in [0.3, 0.4) is 0 Å². The highest BCUT2D eigenvalue weighted by Crippen LogP contribution is 2.37. The molecule has 5 unspecified atom stereocenters. The fraction of sp³-hybridized carbons (Fsp3) is 1.00. The Kier molecular flexibility index (Phi) is 4.36. The van der Waals surface area contributed by atoms with Gasteiger partial charge in [0.15, 0.2) is 0 Å². The number of rotatable bonds is 3. The number of nitrogens with two attached hydrogens (primary N) is 1. The molecule has 0 radical (unpaired) electrons. The van der Waals surface area contributed by atoms with Crippen LogP contribution in [-0.2, 0) is 0 Å². The maximum absolute atomic E-state index is 13.9. The molecular weight excluding hydrogens is 177 g/mol. The first kappa shape index (κ1) is 12.0. The van der Waals surface area contributed by atoms with E-state index in [9.17, 15) is 4.39 Å². The molecule has 0 aromatic heterocycles. The molecule has 1 nitrogen and oxygen atoms in total. The van der Waals surface area contributed by atoms with Crippen LogP contribution in [0.4, 0.5) is 4.39 Å². The summed E-state index contributed by atoms with van der Waals surface area (Å²) in [5.74, 6) is 1.74. The maximum atomic E-state index is 13.9. The van der Waals surface area contributed by atoms with E-state index in [2.05, 4.69) is 13.8 Å². The van der Waals surface area contributed by atoms with Crippen LogP contribution in [-0.4, -0.2) is 12.7 Å². The van der Waals surface area contributed by atoms with E-state index < -0.39 is 6.17 Å². The fourth-order valence-electron chi connectivity index (χ4n) is 2.47. The van der Waals surface area contributed by atoms with Crippen LogP contribution in [0.15, 0.2) is 0 Å². The lowest BCUT2D eigenvalue weighted by Gasteiger charge is -2.35. The normalized spacial score (nSPS) is 37.9. The van der Waals surface area contributed by atoms with Gasteiger partial charge in [0.25, 0.3) is 0 Å². The Bertz CT molecular complexity index is 172. The molecule has 14 heavy (non-hydrogen) atoms. The van der Waals surface area contributed by atoms with Gasteiger partial charge in [-0.2, -0.15) is 0 Å². The predicted octanol–water partition coefficient (Wildman–Crippen LogP) is 2.99. The molecule has 0 aliphatic heterocycles. The van der Waals surface area contributed by atoms with Crippen molar-refractivity contribution in [1.29, 1.82) is 0 Å². The minimum absolute atomic E-state index is 0.0283. The monoisotopic (exact) mass is 201 g/mol. The molecule has 84 valence electrons. The summed E-state index contributed by atoms with van der Waals surface area (Å²) in [5.41, 5.74) is 5.50. The van der Waals surface area contributed by atoms with Crippen molar-refractivity contribution >= 4 is 0 Å². The summed E-state index contributed by atoms with van der Waals surface area (Å²) in [6.07, 6.45) is 2.60. The van der Waals surface area contributed by atoms with Gasteiger partial charge in [-0.3, -0.25) is 0 Å². The van der Waals surface area contributed by atoms with Crippen LogP contribution in [0.25, 0.3) is 0 Å². The first-order valence-electron chi connectivity index (χ1n) is 5.90. The van der Waals surface area contributed by atoms with Crippen LogP contribution >= 0.6 is 0 Å². The van der Waals surface area contributed by atoms with Crippen molar-refractivity contribution in [2.75, 3.05) is 6.54 Å². The van der Waals surface area contributed by atoms with Gasteiger partial charge in [0.2, 0.25) is 0 Å². The van der Waals surface area contributed by atoms with E-state index in [1.165, 1.54) is 6.42 Å². The molecule has 1 saturated carbocycles. The van der Waals surface area contributed by atoms with Crippen molar-refractivity contribution < 1.29 is 4.39 Å². The van der Waals surface area contributed by atoms with E-state index in [1.807, 2.05) is 6.92 Å². The SMILES string of the molecule is CC1CCC(C(F)C(C)CN)CC1C. The topological polar surface area (TPSA) is 26.0 Å². The van der Waals surface area contributed by atoms with Gasteiger partial charge in [0.1, 0.15) is 6.17 Å². The van der Waals surface area contributed by atoms with E-state index in [-0.39, 0.29) is 11.8 Å². The van der Waals surface area contributed by atoms with E-state index in [0.717, 1.165) is 18.8 Å². The summed E-state index contributed by atoms with van der Waals surface area (Å²) in [7, 11) is 0. The van der Waals surface area contributed by atoms with Gasteiger partial charge in [-0.05, 0) is 43.1 Å². The number of halogens is 1. The third-order valence-corrected chi connectivity index (χ3v) is 4.00. The molecule has 1 rings (SSSR count). The van der Waals surface area contributed by atoms with Gasteiger partial charge in [-0.15, -0.1) is 0 Å². The Morgan fingerprint density at radius 1 is 1.29 bits per heavy atom. The minimum Gasteiger partial charge on any atom is -0.330 e. The second-order valence-electron chi connectivity index (χ2n) is 5.19. The predicted molar refractivity (Wildman–Crippen MR) is 58.8 cm³/mol. The van der Waals surface area contributed by atoms with E-state index in [0.29, 0.717) is 12.5 Å². The van der Waals surface area contributed by atoms with Gasteiger partial charge in [-0.1, -0.05) is 27.2 Å². The molecule has 2 heteroatoms. The van der Waals surface area contributed by atoms with Crippen molar-refractivity contribution in [2.24, 2.45) is 29.4 Å². The number of alkyl halides is 1. The second-order valence-corrected chi connectivity index (χ2v) is 5.19. The average Bonchev–Trinajstić information content (AvgIpc) is 2.20. The van der Waals surface area contributed by atoms with Crippen LogP contribution in [0.1, 0.15) is 40.0 Å². The largest absolute Gasteiger partial charge is 0.330 e. The lowest BCUT2D eigenvalue weighted by molar-refractivity contribution is 0.0901. The van der Waals surface area contributed by atoms with Gasteiger partial charge >= 0.3 is 0 Å². The van der Waals surface area contributed by atoms with Crippen molar-refractivity contribution in [3.8, 4) is 0 Å². The highest BCUT2D eigenvalue weighted by atomic mass is 19.1. The summed E-state index contributed by atoms with van der Waals surface area (Å²) in [6.45, 7) is 6.92. The van der Waals surface area contributed by atoms with Crippen molar-refractivity contribution in [3.05, 3.63) is 0 Å². The molecule has 0 saturated heterocycles. The average molecular weight is 201 g/mol. The molecule has 1 aliphatic carbocycles. The molecule has 0 bridgehead atoms. The van der Waals surface area contributed by atoms with Crippen molar-refractivity contribution in [3.63, 3.8) is 0 Å². The summed E-state index contributed by atoms with van der Waals surface area (Å²) in [6, 6.07) is 0. The van der Waals surface area contributed by atoms with E-state index in [1.54, 1.807) is 0 Å². The molecule has 0 aromatic rings. The highest BCUT2D eigenvalue weighted by Gasteiger charge is 2.32. The molecule has 1 aliphatic rings. The van der Waals surface area contributed by atoms with Crippen LogP contribution in [0.5, 0.6) is 0 Å². The first-order valence-corrected chi connectivity index (χ1v) is 5.90. The third-order valence-electron chi connectivity index (χ3n) is 4.00. The zero-order valence-corrected chi connectivity index (χ0v) is 9.67. The highest BCUT2D eigenvalue weighted by molar-refractivity contribution is 4.82. The Labute approximate surface area is 87.3 Å². The van der Waals surface area contributed by atoms with Crippen LogP contribution in [0.2, 0.25) is 0 Å². The Morgan fingerprint density at radius 3 is 2.43 bits per heavy atom. The standard InChI is InChI=1S/C12H24FN/c1-8-4-5-11(6-9(8)2)12(13)10(3)7-14/h8-12H,4-7,14H2,1-3H3. The summed E-state index contributed by atoms with van der Waals surface area (Å²) in [5, 5.41) is 0. The van der Waals surface area contributed by atoms with Crippen molar-refractivity contribution in [2.45, 2.75) is 46.2 Å². The zero-order chi connectivity index (χ0) is 10.7. The van der Waals surface area contributed by atoms with E-state index >= 15 is 0 Å². The van der Waals surface area contributed by atoms with Gasteiger partial charge in [-0.25, -0.2) is 4.39 Å². The Balaban J connectivity index is 2.45. The Morgan fingerprint density at radius 2 is 1.93 bits per heavy atom. The number of hydrogen-bond donors (Lipinski definition) is 1. The van der Waals surface area contributed by atoms with Gasteiger partial charge < -0.3 is 5.73 Å².